The summed E-state index contributed by atoms with van der Waals surface area (Å²) < 4.78 is 14.7. The smallest absolute Gasteiger partial charge is 0.272 e. The molecule has 0 radical (unpaired) electrons. The highest BCUT2D eigenvalue weighted by Crippen LogP contribution is 2.27. The topological polar surface area (TPSA) is 104 Å². The van der Waals surface area contributed by atoms with Crippen molar-refractivity contribution in [1.29, 1.82) is 0 Å². The molecule has 2 aliphatic rings. The first-order valence-corrected chi connectivity index (χ1v) is 11.2. The minimum Gasteiger partial charge on any atom is -0.351 e. The Kier molecular flexibility index (Phi) is 4.83. The average Bonchev–Trinajstić information content (AvgIpc) is 3.56. The molecule has 170 valence electrons. The summed E-state index contributed by atoms with van der Waals surface area (Å²) in [7, 11) is 0. The molecule has 2 N–H and O–H groups in total. The number of H-pyrrole nitrogens is 1. The molecular weight excluding hydrogens is 435 g/mol. The predicted octanol–water partition coefficient (Wildman–Crippen LogP) is 3.17. The number of hydrogen-bond donors (Lipinski definition) is 2. The number of nitrogens with zero attached hydrogens (tertiary/aromatic N) is 4. The number of carbonyl (C=O) groups excluding carboxylic acids is 1. The fraction of sp³-hybridized carbons (Fsp3) is 0.240. The minimum absolute atomic E-state index is 0.00308. The van der Waals surface area contributed by atoms with Crippen LogP contribution in [-0.4, -0.2) is 37.0 Å². The van der Waals surface area contributed by atoms with Gasteiger partial charge in [0.25, 0.3) is 11.5 Å². The van der Waals surface area contributed by atoms with E-state index in [-0.39, 0.29) is 11.1 Å². The van der Waals surface area contributed by atoms with Crippen molar-refractivity contribution < 1.29 is 9.18 Å². The van der Waals surface area contributed by atoms with Crippen molar-refractivity contribution >= 4 is 22.6 Å². The summed E-state index contributed by atoms with van der Waals surface area (Å²) >= 11 is 0. The van der Waals surface area contributed by atoms with Crippen molar-refractivity contribution in [2.75, 3.05) is 5.32 Å². The maximum Gasteiger partial charge on any atom is 0.272 e. The standard InChI is InChI=1S/C25H21FN6O2/c26-20-8-5-14(10-21-17-3-1-2-4-18(17)23(33)31-30-21)9-19(20)24(34)32-12-15-11-27-25(28-16-6-7-16)29-22(15)13-32/h1-5,8-9,11,16H,6-7,10,12-13H2,(H,31,33)(H,27,28,29). The number of halogens is 1. The highest BCUT2D eigenvalue weighted by molar-refractivity contribution is 5.95. The summed E-state index contributed by atoms with van der Waals surface area (Å²) in [4.78, 5) is 35.8. The summed E-state index contributed by atoms with van der Waals surface area (Å²) in [6, 6.07) is 12.1. The number of rotatable bonds is 5. The van der Waals surface area contributed by atoms with Crippen molar-refractivity contribution in [2.45, 2.75) is 38.4 Å². The van der Waals surface area contributed by atoms with E-state index in [1.165, 1.54) is 6.07 Å². The number of aromatic nitrogens is 4. The van der Waals surface area contributed by atoms with Gasteiger partial charge in [-0.25, -0.2) is 19.5 Å². The lowest BCUT2D eigenvalue weighted by Crippen LogP contribution is -2.26. The van der Waals surface area contributed by atoms with Crippen LogP contribution in [0.15, 0.2) is 53.5 Å². The molecule has 1 aliphatic carbocycles. The Labute approximate surface area is 193 Å². The number of aromatic amines is 1. The fourth-order valence-electron chi connectivity index (χ4n) is 4.29. The summed E-state index contributed by atoms with van der Waals surface area (Å²) in [5, 5.41) is 11.2. The van der Waals surface area contributed by atoms with E-state index in [2.05, 4.69) is 25.5 Å². The third-order valence-electron chi connectivity index (χ3n) is 6.26. The molecule has 0 unspecified atom stereocenters. The predicted molar refractivity (Wildman–Crippen MR) is 124 cm³/mol. The van der Waals surface area contributed by atoms with Gasteiger partial charge in [0.1, 0.15) is 5.82 Å². The molecule has 34 heavy (non-hydrogen) atoms. The third kappa shape index (κ3) is 3.79. The molecule has 9 heteroatoms. The lowest BCUT2D eigenvalue weighted by molar-refractivity contribution is 0.0745. The van der Waals surface area contributed by atoms with Crippen molar-refractivity contribution in [3.05, 3.63) is 92.9 Å². The molecule has 2 aromatic carbocycles. The van der Waals surface area contributed by atoms with Gasteiger partial charge in [-0.3, -0.25) is 9.59 Å². The number of amides is 1. The second-order valence-electron chi connectivity index (χ2n) is 8.78. The molecule has 6 rings (SSSR count). The van der Waals surface area contributed by atoms with Gasteiger partial charge < -0.3 is 10.2 Å². The summed E-state index contributed by atoms with van der Waals surface area (Å²) in [5.74, 6) is -0.399. The zero-order valence-electron chi connectivity index (χ0n) is 18.2. The van der Waals surface area contributed by atoms with Gasteiger partial charge >= 0.3 is 0 Å². The first kappa shape index (κ1) is 20.5. The summed E-state index contributed by atoms with van der Waals surface area (Å²) in [6.07, 6.45) is 4.32. The number of hydrogen-bond acceptors (Lipinski definition) is 6. The molecule has 1 amide bonds. The van der Waals surface area contributed by atoms with Crippen LogP contribution in [0.5, 0.6) is 0 Å². The van der Waals surface area contributed by atoms with Gasteiger partial charge in [-0.1, -0.05) is 24.3 Å². The number of nitrogens with one attached hydrogen (secondary N) is 2. The summed E-state index contributed by atoms with van der Waals surface area (Å²) in [5.41, 5.74) is 2.77. The van der Waals surface area contributed by atoms with Crippen molar-refractivity contribution in [1.82, 2.24) is 25.1 Å². The monoisotopic (exact) mass is 456 g/mol. The van der Waals surface area contributed by atoms with E-state index in [9.17, 15) is 14.0 Å². The van der Waals surface area contributed by atoms with Crippen LogP contribution in [0.25, 0.3) is 10.8 Å². The number of anilines is 1. The maximum atomic E-state index is 14.7. The third-order valence-corrected chi connectivity index (χ3v) is 6.26. The molecule has 0 saturated heterocycles. The van der Waals surface area contributed by atoms with Crippen LogP contribution in [0, 0.1) is 5.82 Å². The molecule has 4 aromatic rings. The van der Waals surface area contributed by atoms with Gasteiger partial charge in [0.15, 0.2) is 0 Å². The summed E-state index contributed by atoms with van der Waals surface area (Å²) in [6.45, 7) is 0.652. The Morgan fingerprint density at radius 1 is 1.15 bits per heavy atom. The van der Waals surface area contributed by atoms with Crippen molar-refractivity contribution in [3.8, 4) is 0 Å². The minimum atomic E-state index is -0.578. The van der Waals surface area contributed by atoms with Crippen LogP contribution in [0.4, 0.5) is 10.3 Å². The first-order valence-electron chi connectivity index (χ1n) is 11.2. The highest BCUT2D eigenvalue weighted by atomic mass is 19.1. The highest BCUT2D eigenvalue weighted by Gasteiger charge is 2.29. The lowest BCUT2D eigenvalue weighted by Gasteiger charge is -2.16. The van der Waals surface area contributed by atoms with Crippen molar-refractivity contribution in [3.63, 3.8) is 0 Å². The van der Waals surface area contributed by atoms with Crippen LogP contribution in [0.1, 0.15) is 45.7 Å². The molecule has 1 saturated carbocycles. The van der Waals surface area contributed by atoms with E-state index in [0.29, 0.717) is 42.6 Å². The van der Waals surface area contributed by atoms with Gasteiger partial charge in [-0.05, 0) is 36.6 Å². The Morgan fingerprint density at radius 3 is 2.79 bits per heavy atom. The largest absolute Gasteiger partial charge is 0.351 e. The molecule has 2 aromatic heterocycles. The average molecular weight is 456 g/mol. The fourth-order valence-corrected chi connectivity index (χ4v) is 4.29. The zero-order chi connectivity index (χ0) is 23.2. The number of carbonyl (C=O) groups is 1. The first-order chi connectivity index (χ1) is 16.5. The molecule has 3 heterocycles. The molecule has 0 atom stereocenters. The Morgan fingerprint density at radius 2 is 1.97 bits per heavy atom. The Hall–Kier alpha value is -4.14. The van der Waals surface area contributed by atoms with E-state index in [4.69, 9.17) is 0 Å². The van der Waals surface area contributed by atoms with Crippen LogP contribution in [0.3, 0.4) is 0 Å². The maximum absolute atomic E-state index is 14.7. The van der Waals surface area contributed by atoms with Gasteiger partial charge in [0.05, 0.1) is 28.9 Å². The second-order valence-corrected chi connectivity index (χ2v) is 8.78. The van der Waals surface area contributed by atoms with Gasteiger partial charge in [0, 0.05) is 36.2 Å². The number of benzene rings is 2. The molecule has 1 fully saturated rings. The van der Waals surface area contributed by atoms with E-state index in [1.54, 1.807) is 35.4 Å². The number of fused-ring (bicyclic) bond motifs is 2. The van der Waals surface area contributed by atoms with E-state index in [1.807, 2.05) is 12.1 Å². The van der Waals surface area contributed by atoms with E-state index < -0.39 is 11.7 Å². The van der Waals surface area contributed by atoms with Gasteiger partial charge in [0.2, 0.25) is 5.95 Å². The van der Waals surface area contributed by atoms with Crippen LogP contribution < -0.4 is 10.9 Å². The SMILES string of the molecule is O=C(c1cc(Cc2n[nH]c(=O)c3ccccc23)ccc1F)N1Cc2cnc(NC3CC3)nc2C1. The van der Waals surface area contributed by atoms with Crippen LogP contribution >= 0.6 is 0 Å². The van der Waals surface area contributed by atoms with Gasteiger partial charge in [-0.2, -0.15) is 5.10 Å². The van der Waals surface area contributed by atoms with Crippen molar-refractivity contribution in [2.24, 2.45) is 0 Å². The molecule has 0 bridgehead atoms. The quantitative estimate of drug-likeness (QED) is 0.478. The Balaban J connectivity index is 1.25. The Bertz CT molecular complexity index is 1500. The van der Waals surface area contributed by atoms with Crippen LogP contribution in [-0.2, 0) is 19.5 Å². The molecular formula is C25H21FN6O2. The lowest BCUT2D eigenvalue weighted by atomic mass is 10.0. The van der Waals surface area contributed by atoms with E-state index >= 15 is 0 Å². The van der Waals surface area contributed by atoms with E-state index in [0.717, 1.165) is 35.0 Å². The molecule has 1 aliphatic heterocycles. The van der Waals surface area contributed by atoms with Gasteiger partial charge in [-0.15, -0.1) is 0 Å². The normalized spacial score (nSPS) is 14.9. The zero-order valence-corrected chi connectivity index (χ0v) is 18.2. The molecule has 0 spiro atoms. The second kappa shape index (κ2) is 8.02. The van der Waals surface area contributed by atoms with Crippen LogP contribution in [0.2, 0.25) is 0 Å². The molecule has 8 nitrogen and oxygen atoms in total.